The van der Waals surface area contributed by atoms with Crippen molar-refractivity contribution < 1.29 is 9.18 Å². The molecule has 1 heterocycles. The van der Waals surface area contributed by atoms with Crippen molar-refractivity contribution in [2.24, 2.45) is 5.73 Å². The number of anilines is 1. The Kier molecular flexibility index (Phi) is 4.82. The fourth-order valence-electron chi connectivity index (χ4n) is 1.86. The van der Waals surface area contributed by atoms with Crippen molar-refractivity contribution in [3.8, 4) is 0 Å². The lowest BCUT2D eigenvalue weighted by Crippen LogP contribution is -2.23. The molecule has 0 aliphatic carbocycles. The number of carbonyl (C=O) groups excluding carboxylic acids is 1. The van der Waals surface area contributed by atoms with E-state index < -0.39 is 11.7 Å². The Labute approximate surface area is 136 Å². The number of thiophene rings is 1. The highest BCUT2D eigenvalue weighted by molar-refractivity contribution is 9.11. The van der Waals surface area contributed by atoms with Crippen molar-refractivity contribution in [2.75, 3.05) is 11.9 Å². The van der Waals surface area contributed by atoms with Crippen LogP contribution in [0.5, 0.6) is 0 Å². The molecule has 106 valence electrons. The van der Waals surface area contributed by atoms with Gasteiger partial charge in [0, 0.05) is 16.4 Å². The summed E-state index contributed by atoms with van der Waals surface area (Å²) in [5.74, 6) is -1.40. The summed E-state index contributed by atoms with van der Waals surface area (Å²) in [4.78, 5) is 14.3. The van der Waals surface area contributed by atoms with Gasteiger partial charge in [-0.15, -0.1) is 11.3 Å². The first-order chi connectivity index (χ1) is 9.38. The van der Waals surface area contributed by atoms with Gasteiger partial charge < -0.3 is 10.6 Å². The summed E-state index contributed by atoms with van der Waals surface area (Å²) in [7, 11) is 1.79. The lowest BCUT2D eigenvalue weighted by atomic mass is 10.1. The highest BCUT2D eigenvalue weighted by atomic mass is 79.9. The summed E-state index contributed by atoms with van der Waals surface area (Å²) in [5, 5.41) is 0. The first kappa shape index (κ1) is 15.5. The van der Waals surface area contributed by atoms with Crippen LogP contribution in [0.3, 0.4) is 0 Å². The monoisotopic (exact) mass is 420 g/mol. The predicted octanol–water partition coefficient (Wildman–Crippen LogP) is 4.15. The van der Waals surface area contributed by atoms with Gasteiger partial charge in [-0.05, 0) is 40.2 Å². The van der Waals surface area contributed by atoms with Crippen LogP contribution in [0.15, 0.2) is 32.5 Å². The van der Waals surface area contributed by atoms with Crippen LogP contribution in [0.2, 0.25) is 0 Å². The number of nitrogens with two attached hydrogens (primary N) is 1. The van der Waals surface area contributed by atoms with Crippen LogP contribution in [-0.4, -0.2) is 13.0 Å². The summed E-state index contributed by atoms with van der Waals surface area (Å²) in [6.07, 6.45) is 0. The molecule has 7 heteroatoms. The summed E-state index contributed by atoms with van der Waals surface area (Å²) < 4.78 is 15.5. The van der Waals surface area contributed by atoms with Gasteiger partial charge in [-0.1, -0.05) is 15.9 Å². The van der Waals surface area contributed by atoms with E-state index in [-0.39, 0.29) is 5.56 Å². The molecule has 0 atom stereocenters. The zero-order chi connectivity index (χ0) is 14.9. The molecule has 0 bridgehead atoms. The zero-order valence-electron chi connectivity index (χ0n) is 10.5. The van der Waals surface area contributed by atoms with Gasteiger partial charge in [0.05, 0.1) is 21.6 Å². The quantitative estimate of drug-likeness (QED) is 0.805. The normalized spacial score (nSPS) is 10.6. The van der Waals surface area contributed by atoms with Crippen molar-refractivity contribution in [2.45, 2.75) is 6.54 Å². The van der Waals surface area contributed by atoms with Gasteiger partial charge in [0.25, 0.3) is 5.91 Å². The van der Waals surface area contributed by atoms with Crippen LogP contribution < -0.4 is 10.6 Å². The summed E-state index contributed by atoms with van der Waals surface area (Å²) in [6, 6.07) is 6.85. The minimum absolute atomic E-state index is 0.0914. The number of benzene rings is 1. The van der Waals surface area contributed by atoms with Crippen LogP contribution in [0.25, 0.3) is 0 Å². The van der Waals surface area contributed by atoms with Crippen LogP contribution in [0.4, 0.5) is 10.1 Å². The molecule has 0 spiro atoms. The molecule has 1 aromatic carbocycles. The lowest BCUT2D eigenvalue weighted by molar-refractivity contribution is 0.0997. The molecule has 20 heavy (non-hydrogen) atoms. The molecular weight excluding hydrogens is 411 g/mol. The second-order valence-corrected chi connectivity index (χ2v) is 7.67. The number of nitrogens with zero attached hydrogens (tertiary/aromatic N) is 1. The first-order valence-corrected chi connectivity index (χ1v) is 8.03. The Balaban J connectivity index is 2.38. The van der Waals surface area contributed by atoms with E-state index in [2.05, 4.69) is 31.9 Å². The van der Waals surface area contributed by atoms with Gasteiger partial charge in [-0.3, -0.25) is 4.79 Å². The molecule has 0 aliphatic rings. The van der Waals surface area contributed by atoms with Crippen molar-refractivity contribution >= 4 is 54.8 Å². The maximum Gasteiger partial charge on any atom is 0.253 e. The molecule has 1 aromatic heterocycles. The van der Waals surface area contributed by atoms with E-state index in [1.54, 1.807) is 29.4 Å². The topological polar surface area (TPSA) is 46.3 Å². The van der Waals surface area contributed by atoms with Gasteiger partial charge in [0.15, 0.2) is 0 Å². The zero-order valence-corrected chi connectivity index (χ0v) is 14.5. The van der Waals surface area contributed by atoms with Gasteiger partial charge in [0.1, 0.15) is 5.82 Å². The number of primary amides is 1. The first-order valence-electron chi connectivity index (χ1n) is 5.62. The predicted molar refractivity (Wildman–Crippen MR) is 86.7 cm³/mol. The molecule has 0 unspecified atom stereocenters. The highest BCUT2D eigenvalue weighted by Crippen LogP contribution is 2.30. The van der Waals surface area contributed by atoms with Crippen molar-refractivity contribution in [1.29, 1.82) is 0 Å². The van der Waals surface area contributed by atoms with E-state index in [0.717, 1.165) is 8.66 Å². The highest BCUT2D eigenvalue weighted by Gasteiger charge is 2.18. The summed E-state index contributed by atoms with van der Waals surface area (Å²) in [5.41, 5.74) is 5.65. The molecule has 2 aromatic rings. The standard InChI is InChI=1S/C13H11Br2FN2OS/c1-18(6-8-2-3-11(15)20-8)10-5-7(14)4-9(16)12(10)13(17)19/h2-5H,6H2,1H3,(H2,17,19). The summed E-state index contributed by atoms with van der Waals surface area (Å²) in [6.45, 7) is 0.562. The molecule has 0 aliphatic heterocycles. The van der Waals surface area contributed by atoms with Gasteiger partial charge in [-0.25, -0.2) is 4.39 Å². The van der Waals surface area contributed by atoms with E-state index in [1.807, 2.05) is 12.1 Å². The number of amides is 1. The molecular formula is C13H11Br2FN2OS. The fourth-order valence-corrected chi connectivity index (χ4v) is 3.82. The van der Waals surface area contributed by atoms with Crippen LogP contribution in [0, 0.1) is 5.82 Å². The average molecular weight is 422 g/mol. The van der Waals surface area contributed by atoms with Gasteiger partial charge in [-0.2, -0.15) is 0 Å². The molecule has 1 amide bonds. The van der Waals surface area contributed by atoms with Crippen molar-refractivity contribution in [3.05, 3.63) is 48.8 Å². The largest absolute Gasteiger partial charge is 0.369 e. The number of hydrogen-bond acceptors (Lipinski definition) is 3. The molecule has 0 radical (unpaired) electrons. The lowest BCUT2D eigenvalue weighted by Gasteiger charge is -2.21. The van der Waals surface area contributed by atoms with E-state index in [0.29, 0.717) is 16.7 Å². The van der Waals surface area contributed by atoms with E-state index in [1.165, 1.54) is 6.07 Å². The van der Waals surface area contributed by atoms with Crippen LogP contribution in [-0.2, 0) is 6.54 Å². The molecule has 3 nitrogen and oxygen atoms in total. The Morgan fingerprint density at radius 3 is 2.65 bits per heavy atom. The second kappa shape index (κ2) is 6.24. The SMILES string of the molecule is CN(Cc1ccc(Br)s1)c1cc(Br)cc(F)c1C(N)=O. The van der Waals surface area contributed by atoms with Crippen molar-refractivity contribution in [1.82, 2.24) is 0 Å². The Morgan fingerprint density at radius 1 is 1.40 bits per heavy atom. The maximum absolute atomic E-state index is 13.9. The molecule has 2 N–H and O–H groups in total. The second-order valence-electron chi connectivity index (χ2n) is 4.21. The molecule has 0 saturated heterocycles. The molecule has 0 fully saturated rings. The maximum atomic E-state index is 13.9. The third-order valence-corrected chi connectivity index (χ3v) is 4.78. The van der Waals surface area contributed by atoms with E-state index in [4.69, 9.17) is 5.73 Å². The van der Waals surface area contributed by atoms with Gasteiger partial charge in [0.2, 0.25) is 0 Å². The Hall–Kier alpha value is -0.920. The molecule has 2 rings (SSSR count). The van der Waals surface area contributed by atoms with E-state index in [9.17, 15) is 9.18 Å². The minimum Gasteiger partial charge on any atom is -0.369 e. The van der Waals surface area contributed by atoms with Crippen LogP contribution >= 0.6 is 43.2 Å². The number of carbonyl (C=O) groups is 1. The van der Waals surface area contributed by atoms with Crippen LogP contribution in [0.1, 0.15) is 15.2 Å². The third kappa shape index (κ3) is 3.39. The Bertz CT molecular complexity index is 660. The Morgan fingerprint density at radius 2 is 2.10 bits per heavy atom. The average Bonchev–Trinajstić information content (AvgIpc) is 2.72. The fraction of sp³-hybridized carbons (Fsp3) is 0.154. The van der Waals surface area contributed by atoms with Crippen molar-refractivity contribution in [3.63, 3.8) is 0 Å². The third-order valence-electron chi connectivity index (χ3n) is 2.71. The smallest absolute Gasteiger partial charge is 0.253 e. The molecule has 0 saturated carbocycles. The number of rotatable bonds is 4. The van der Waals surface area contributed by atoms with Gasteiger partial charge >= 0.3 is 0 Å². The van der Waals surface area contributed by atoms with E-state index >= 15 is 0 Å². The minimum atomic E-state index is -0.774. The number of hydrogen-bond donors (Lipinski definition) is 1. The summed E-state index contributed by atoms with van der Waals surface area (Å²) >= 11 is 8.21. The number of halogens is 3.